The lowest BCUT2D eigenvalue weighted by Gasteiger charge is -2.36. The molecule has 1 aromatic carbocycles. The first-order valence-corrected chi connectivity index (χ1v) is 9.57. The lowest BCUT2D eigenvalue weighted by atomic mass is 10.2. The Bertz CT molecular complexity index is 531. The summed E-state index contributed by atoms with van der Waals surface area (Å²) in [7, 11) is 2.18. The molecular formula is C17H24ClN3OS. The minimum absolute atomic E-state index is 0.251. The zero-order chi connectivity index (χ0) is 16.2. The number of carbonyl (C=O) groups is 1. The summed E-state index contributed by atoms with van der Waals surface area (Å²) in [5.74, 6) is 0.762. The van der Waals surface area contributed by atoms with E-state index in [0.29, 0.717) is 11.8 Å². The fraction of sp³-hybridized carbons (Fsp3) is 0.588. The lowest BCUT2D eigenvalue weighted by Crippen LogP contribution is -2.50. The predicted octanol–water partition coefficient (Wildman–Crippen LogP) is 2.28. The summed E-state index contributed by atoms with van der Waals surface area (Å²) in [6, 6.07) is 8.23. The third kappa shape index (κ3) is 4.63. The molecule has 0 aromatic heterocycles. The van der Waals surface area contributed by atoms with Crippen molar-refractivity contribution < 1.29 is 4.79 Å². The molecule has 0 saturated carbocycles. The van der Waals surface area contributed by atoms with Gasteiger partial charge in [0.15, 0.2) is 0 Å². The zero-order valence-electron chi connectivity index (χ0n) is 13.6. The van der Waals surface area contributed by atoms with E-state index >= 15 is 0 Å². The molecule has 0 radical (unpaired) electrons. The van der Waals surface area contributed by atoms with E-state index in [1.165, 1.54) is 0 Å². The summed E-state index contributed by atoms with van der Waals surface area (Å²) >= 11 is 7.48. The normalized spacial score (nSPS) is 23.4. The standard InChI is InChI=1S/C17H24ClN3OS/c1-19-8-10-20(11-9-19)15-6-7-21(12-15)17(22)13-23-16-4-2-14(18)3-5-16/h2-5,15H,6-13H2,1H3. The largest absolute Gasteiger partial charge is 0.340 e. The van der Waals surface area contributed by atoms with Gasteiger partial charge >= 0.3 is 0 Å². The third-order valence-corrected chi connectivity index (χ3v) is 6.00. The van der Waals surface area contributed by atoms with E-state index in [1.807, 2.05) is 29.2 Å². The van der Waals surface area contributed by atoms with Crippen molar-refractivity contribution in [3.63, 3.8) is 0 Å². The maximum Gasteiger partial charge on any atom is 0.232 e. The SMILES string of the molecule is CN1CCN(C2CCN(C(=O)CSc3ccc(Cl)cc3)C2)CC1. The number of thioether (sulfide) groups is 1. The van der Waals surface area contributed by atoms with Gasteiger partial charge < -0.3 is 9.80 Å². The summed E-state index contributed by atoms with van der Waals surface area (Å²) in [6.45, 7) is 6.32. The molecule has 1 atom stereocenters. The van der Waals surface area contributed by atoms with E-state index in [-0.39, 0.29) is 5.91 Å². The number of nitrogens with zero attached hydrogens (tertiary/aromatic N) is 3. The second-order valence-electron chi connectivity index (χ2n) is 6.36. The minimum Gasteiger partial charge on any atom is -0.340 e. The Morgan fingerprint density at radius 1 is 1.17 bits per heavy atom. The van der Waals surface area contributed by atoms with Crippen molar-refractivity contribution in [3.05, 3.63) is 29.3 Å². The Labute approximate surface area is 147 Å². The van der Waals surface area contributed by atoms with Crippen LogP contribution < -0.4 is 0 Å². The molecule has 2 heterocycles. The van der Waals surface area contributed by atoms with Gasteiger partial charge in [-0.25, -0.2) is 0 Å². The van der Waals surface area contributed by atoms with Crippen LogP contribution in [0.4, 0.5) is 0 Å². The molecule has 2 saturated heterocycles. The van der Waals surface area contributed by atoms with Gasteiger partial charge in [0.2, 0.25) is 5.91 Å². The summed E-state index contributed by atoms with van der Waals surface area (Å²) in [6.07, 6.45) is 1.11. The third-order valence-electron chi connectivity index (χ3n) is 4.75. The van der Waals surface area contributed by atoms with Gasteiger partial charge in [0.1, 0.15) is 0 Å². The molecule has 23 heavy (non-hydrogen) atoms. The highest BCUT2D eigenvalue weighted by molar-refractivity contribution is 8.00. The van der Waals surface area contributed by atoms with Crippen molar-refractivity contribution in [2.45, 2.75) is 17.4 Å². The van der Waals surface area contributed by atoms with Crippen LogP contribution in [-0.2, 0) is 4.79 Å². The van der Waals surface area contributed by atoms with Crippen molar-refractivity contribution in [2.24, 2.45) is 0 Å². The highest BCUT2D eigenvalue weighted by Crippen LogP contribution is 2.23. The fourth-order valence-corrected chi connectivity index (χ4v) is 4.15. The topological polar surface area (TPSA) is 26.8 Å². The molecule has 1 unspecified atom stereocenters. The number of halogens is 1. The number of likely N-dealkylation sites (N-methyl/N-ethyl adjacent to an activating group) is 1. The van der Waals surface area contributed by atoms with Crippen LogP contribution in [-0.4, -0.2) is 78.7 Å². The van der Waals surface area contributed by atoms with Crippen LogP contribution in [0, 0.1) is 0 Å². The maximum atomic E-state index is 12.4. The quantitative estimate of drug-likeness (QED) is 0.776. The molecule has 3 rings (SSSR count). The molecule has 0 spiro atoms. The Morgan fingerprint density at radius 2 is 1.87 bits per heavy atom. The number of benzene rings is 1. The zero-order valence-corrected chi connectivity index (χ0v) is 15.2. The van der Waals surface area contributed by atoms with Crippen LogP contribution in [0.3, 0.4) is 0 Å². The molecule has 0 bridgehead atoms. The van der Waals surface area contributed by atoms with E-state index in [9.17, 15) is 4.79 Å². The van der Waals surface area contributed by atoms with Gasteiger partial charge in [-0.3, -0.25) is 9.69 Å². The summed E-state index contributed by atoms with van der Waals surface area (Å²) in [4.78, 5) is 20.5. The molecule has 2 aliphatic rings. The molecule has 0 N–H and O–H groups in total. The number of hydrogen-bond donors (Lipinski definition) is 0. The Kier molecular flexibility index (Phi) is 5.85. The highest BCUT2D eigenvalue weighted by Gasteiger charge is 2.31. The van der Waals surface area contributed by atoms with E-state index in [0.717, 1.165) is 55.6 Å². The van der Waals surface area contributed by atoms with E-state index in [2.05, 4.69) is 16.8 Å². The monoisotopic (exact) mass is 353 g/mol. The molecule has 2 fully saturated rings. The molecule has 1 aromatic rings. The predicted molar refractivity (Wildman–Crippen MR) is 96.2 cm³/mol. The molecule has 4 nitrogen and oxygen atoms in total. The van der Waals surface area contributed by atoms with Crippen LogP contribution in [0.5, 0.6) is 0 Å². The van der Waals surface area contributed by atoms with Crippen molar-refractivity contribution >= 4 is 29.3 Å². The minimum atomic E-state index is 0.251. The molecule has 126 valence electrons. The van der Waals surface area contributed by atoms with E-state index in [4.69, 9.17) is 11.6 Å². The average Bonchev–Trinajstić information content (AvgIpc) is 3.05. The number of likely N-dealkylation sites (tertiary alicyclic amines) is 1. The van der Waals surface area contributed by atoms with Gasteiger partial charge in [-0.1, -0.05) is 11.6 Å². The van der Waals surface area contributed by atoms with Crippen LogP contribution in [0.1, 0.15) is 6.42 Å². The van der Waals surface area contributed by atoms with Gasteiger partial charge in [0.05, 0.1) is 5.75 Å². The Morgan fingerprint density at radius 3 is 2.57 bits per heavy atom. The molecule has 6 heteroatoms. The second-order valence-corrected chi connectivity index (χ2v) is 7.85. The van der Waals surface area contributed by atoms with Gasteiger partial charge in [0.25, 0.3) is 0 Å². The van der Waals surface area contributed by atoms with Crippen molar-refractivity contribution in [2.75, 3.05) is 52.1 Å². The van der Waals surface area contributed by atoms with Crippen LogP contribution in [0.2, 0.25) is 5.02 Å². The first kappa shape index (κ1) is 17.1. The van der Waals surface area contributed by atoms with Crippen LogP contribution in [0.15, 0.2) is 29.2 Å². The van der Waals surface area contributed by atoms with Gasteiger partial charge in [-0.05, 0) is 37.7 Å². The molecule has 0 aliphatic carbocycles. The fourth-order valence-electron chi connectivity index (χ4n) is 3.22. The number of carbonyl (C=O) groups excluding carboxylic acids is 1. The Balaban J connectivity index is 1.44. The second kappa shape index (κ2) is 7.88. The van der Waals surface area contributed by atoms with Gasteiger partial charge in [0, 0.05) is 55.2 Å². The number of piperazine rings is 1. The maximum absolute atomic E-state index is 12.4. The molecule has 1 amide bonds. The van der Waals surface area contributed by atoms with Crippen molar-refractivity contribution in [1.82, 2.24) is 14.7 Å². The summed E-state index contributed by atoms with van der Waals surface area (Å²) in [5.41, 5.74) is 0. The van der Waals surface area contributed by atoms with Gasteiger partial charge in [-0.15, -0.1) is 11.8 Å². The summed E-state index contributed by atoms with van der Waals surface area (Å²) in [5, 5.41) is 0.732. The van der Waals surface area contributed by atoms with E-state index < -0.39 is 0 Å². The van der Waals surface area contributed by atoms with Crippen LogP contribution >= 0.6 is 23.4 Å². The van der Waals surface area contributed by atoms with Gasteiger partial charge in [-0.2, -0.15) is 0 Å². The molecule has 2 aliphatic heterocycles. The summed E-state index contributed by atoms with van der Waals surface area (Å²) < 4.78 is 0. The highest BCUT2D eigenvalue weighted by atomic mass is 35.5. The smallest absolute Gasteiger partial charge is 0.232 e. The van der Waals surface area contributed by atoms with E-state index in [1.54, 1.807) is 11.8 Å². The number of hydrogen-bond acceptors (Lipinski definition) is 4. The molecular weight excluding hydrogens is 330 g/mol. The lowest BCUT2D eigenvalue weighted by molar-refractivity contribution is -0.127. The number of amides is 1. The van der Waals surface area contributed by atoms with Crippen molar-refractivity contribution in [3.8, 4) is 0 Å². The Hall–Kier alpha value is -0.750. The number of rotatable bonds is 4. The van der Waals surface area contributed by atoms with Crippen LogP contribution in [0.25, 0.3) is 0 Å². The first-order chi connectivity index (χ1) is 11.1. The first-order valence-electron chi connectivity index (χ1n) is 8.20. The van der Waals surface area contributed by atoms with Crippen molar-refractivity contribution in [1.29, 1.82) is 0 Å². The average molecular weight is 354 g/mol.